The summed E-state index contributed by atoms with van der Waals surface area (Å²) in [4.78, 5) is 30.3. The molecule has 1 heterocycles. The van der Waals surface area contributed by atoms with Gasteiger partial charge in [0.2, 0.25) is 0 Å². The third-order valence-corrected chi connectivity index (χ3v) is 6.78. The summed E-state index contributed by atoms with van der Waals surface area (Å²) < 4.78 is 0. The lowest BCUT2D eigenvalue weighted by atomic mass is 9.90. The molecule has 0 aliphatic carbocycles. The highest BCUT2D eigenvalue weighted by atomic mass is 16.2. The molecule has 1 amide bonds. The second kappa shape index (κ2) is 12.4. The highest BCUT2D eigenvalue weighted by molar-refractivity contribution is 6.10. The first-order valence-electron chi connectivity index (χ1n) is 13.4. The van der Waals surface area contributed by atoms with Crippen LogP contribution < -0.4 is 10.9 Å². The highest BCUT2D eigenvalue weighted by Crippen LogP contribution is 2.34. The molecular formula is C34H36N2O2. The fourth-order valence-corrected chi connectivity index (χ4v) is 4.66. The van der Waals surface area contributed by atoms with Crippen molar-refractivity contribution in [2.75, 3.05) is 5.32 Å². The topological polar surface area (TPSA) is 62.0 Å². The summed E-state index contributed by atoms with van der Waals surface area (Å²) in [6.45, 7) is 8.16. The minimum Gasteiger partial charge on any atom is -0.322 e. The van der Waals surface area contributed by atoms with Gasteiger partial charge >= 0.3 is 0 Å². The quantitative estimate of drug-likeness (QED) is 0.225. The van der Waals surface area contributed by atoms with Gasteiger partial charge < -0.3 is 10.3 Å². The second-order valence-electron chi connectivity index (χ2n) is 9.83. The zero-order valence-electron chi connectivity index (χ0n) is 22.7. The average Bonchev–Trinajstić information content (AvgIpc) is 2.91. The first-order chi connectivity index (χ1) is 18.4. The van der Waals surface area contributed by atoms with E-state index in [1.54, 1.807) is 0 Å². The number of carbonyl (C=O) groups is 1. The molecule has 0 radical (unpaired) electrons. The molecule has 194 valence electrons. The van der Waals surface area contributed by atoms with E-state index in [2.05, 4.69) is 41.5 Å². The maximum atomic E-state index is 13.6. The summed E-state index contributed by atoms with van der Waals surface area (Å²) in [5, 5.41) is 2.93. The van der Waals surface area contributed by atoms with E-state index >= 15 is 0 Å². The van der Waals surface area contributed by atoms with Crippen LogP contribution in [0.1, 0.15) is 65.7 Å². The van der Waals surface area contributed by atoms with Crippen molar-refractivity contribution in [2.45, 2.75) is 53.4 Å². The van der Waals surface area contributed by atoms with Gasteiger partial charge in [0.15, 0.2) is 0 Å². The SMILES string of the molecule is C/C=C/c1c(-c2ccc(CCCCC)cc2)[nH]c(=O)c(C(=O)Nc2ccc(C)cc2)c1-c1ccc(C)cc1. The Morgan fingerprint density at radius 1 is 0.842 bits per heavy atom. The van der Waals surface area contributed by atoms with Gasteiger partial charge in [-0.05, 0) is 62.4 Å². The fraction of sp³-hybridized carbons (Fsp3) is 0.235. The van der Waals surface area contributed by atoms with E-state index in [0.29, 0.717) is 16.9 Å². The lowest BCUT2D eigenvalue weighted by molar-refractivity contribution is 0.102. The van der Waals surface area contributed by atoms with Crippen molar-refractivity contribution in [3.05, 3.63) is 117 Å². The third-order valence-electron chi connectivity index (χ3n) is 6.78. The summed E-state index contributed by atoms with van der Waals surface area (Å²) >= 11 is 0. The number of benzene rings is 3. The summed E-state index contributed by atoms with van der Waals surface area (Å²) in [7, 11) is 0. The molecule has 0 aliphatic heterocycles. The Hall–Kier alpha value is -4.18. The number of carbonyl (C=O) groups excluding carboxylic acids is 1. The van der Waals surface area contributed by atoms with E-state index in [0.717, 1.165) is 34.2 Å². The van der Waals surface area contributed by atoms with Crippen molar-refractivity contribution in [1.29, 1.82) is 0 Å². The lowest BCUT2D eigenvalue weighted by Gasteiger charge is -2.17. The molecule has 1 aromatic heterocycles. The molecule has 0 unspecified atom stereocenters. The van der Waals surface area contributed by atoms with Gasteiger partial charge in [0.1, 0.15) is 5.56 Å². The minimum absolute atomic E-state index is 0.0995. The first-order valence-corrected chi connectivity index (χ1v) is 13.4. The maximum Gasteiger partial charge on any atom is 0.261 e. The summed E-state index contributed by atoms with van der Waals surface area (Å²) in [6.07, 6.45) is 8.52. The smallest absolute Gasteiger partial charge is 0.261 e. The number of allylic oxidation sites excluding steroid dienone is 1. The van der Waals surface area contributed by atoms with Crippen LogP contribution in [-0.2, 0) is 6.42 Å². The van der Waals surface area contributed by atoms with Gasteiger partial charge in [-0.3, -0.25) is 9.59 Å². The molecular weight excluding hydrogens is 468 g/mol. The predicted octanol–water partition coefficient (Wildman–Crippen LogP) is 8.34. The monoisotopic (exact) mass is 504 g/mol. The molecule has 0 fully saturated rings. The molecule has 4 heteroatoms. The highest BCUT2D eigenvalue weighted by Gasteiger charge is 2.24. The predicted molar refractivity (Wildman–Crippen MR) is 160 cm³/mol. The number of rotatable bonds is 9. The number of hydrogen-bond acceptors (Lipinski definition) is 2. The molecule has 2 N–H and O–H groups in total. The van der Waals surface area contributed by atoms with E-state index < -0.39 is 11.5 Å². The van der Waals surface area contributed by atoms with Crippen LogP contribution >= 0.6 is 0 Å². The van der Waals surface area contributed by atoms with Gasteiger partial charge in [0, 0.05) is 16.8 Å². The Bertz CT molecular complexity index is 1480. The van der Waals surface area contributed by atoms with Gasteiger partial charge in [0.25, 0.3) is 11.5 Å². The zero-order valence-corrected chi connectivity index (χ0v) is 22.7. The molecule has 4 rings (SSSR count). The molecule has 0 spiro atoms. The van der Waals surface area contributed by atoms with E-state index in [1.165, 1.54) is 24.8 Å². The van der Waals surface area contributed by atoms with Crippen molar-refractivity contribution < 1.29 is 4.79 Å². The first kappa shape index (κ1) is 26.9. The number of pyridine rings is 1. The van der Waals surface area contributed by atoms with Crippen LogP contribution in [0.2, 0.25) is 0 Å². The van der Waals surface area contributed by atoms with Gasteiger partial charge in [-0.15, -0.1) is 0 Å². The van der Waals surface area contributed by atoms with Crippen molar-refractivity contribution in [3.8, 4) is 22.4 Å². The third kappa shape index (κ3) is 6.20. The van der Waals surface area contributed by atoms with Crippen LogP contribution in [0.4, 0.5) is 5.69 Å². The molecule has 0 saturated carbocycles. The van der Waals surface area contributed by atoms with Crippen LogP contribution in [0.5, 0.6) is 0 Å². The molecule has 0 saturated heterocycles. The van der Waals surface area contributed by atoms with Crippen LogP contribution in [0, 0.1) is 13.8 Å². The zero-order chi connectivity index (χ0) is 27.1. The maximum absolute atomic E-state index is 13.6. The van der Waals surface area contributed by atoms with E-state index in [4.69, 9.17) is 0 Å². The number of nitrogens with one attached hydrogen (secondary N) is 2. The molecule has 3 aromatic carbocycles. The summed E-state index contributed by atoms with van der Waals surface area (Å²) in [6, 6.07) is 23.9. The number of H-pyrrole nitrogens is 1. The largest absolute Gasteiger partial charge is 0.322 e. The van der Waals surface area contributed by atoms with Crippen LogP contribution in [-0.4, -0.2) is 10.9 Å². The Labute approximate surface area is 225 Å². The number of hydrogen-bond donors (Lipinski definition) is 2. The fourth-order valence-electron chi connectivity index (χ4n) is 4.66. The Kier molecular flexibility index (Phi) is 8.75. The molecule has 0 aliphatic rings. The molecule has 38 heavy (non-hydrogen) atoms. The van der Waals surface area contributed by atoms with Crippen molar-refractivity contribution in [1.82, 2.24) is 4.98 Å². The van der Waals surface area contributed by atoms with Crippen molar-refractivity contribution in [3.63, 3.8) is 0 Å². The molecule has 0 atom stereocenters. The minimum atomic E-state index is -0.436. The van der Waals surface area contributed by atoms with Gasteiger partial charge in [-0.2, -0.15) is 0 Å². The molecule has 4 nitrogen and oxygen atoms in total. The number of amides is 1. The van der Waals surface area contributed by atoms with Gasteiger partial charge in [0.05, 0.1) is 5.69 Å². The normalized spacial score (nSPS) is 11.2. The lowest BCUT2D eigenvalue weighted by Crippen LogP contribution is -2.26. The Morgan fingerprint density at radius 3 is 2.05 bits per heavy atom. The van der Waals surface area contributed by atoms with E-state index in [9.17, 15) is 9.59 Å². The van der Waals surface area contributed by atoms with E-state index in [1.807, 2.05) is 81.5 Å². The summed E-state index contributed by atoms with van der Waals surface area (Å²) in [5.74, 6) is -0.436. The van der Waals surface area contributed by atoms with Crippen molar-refractivity contribution in [2.24, 2.45) is 0 Å². The number of aryl methyl sites for hydroxylation is 3. The van der Waals surface area contributed by atoms with Gasteiger partial charge in [-0.1, -0.05) is 104 Å². The Balaban J connectivity index is 1.87. The van der Waals surface area contributed by atoms with Crippen LogP contribution in [0.25, 0.3) is 28.5 Å². The Morgan fingerprint density at radius 2 is 1.45 bits per heavy atom. The number of unbranched alkanes of at least 4 members (excludes halogenated alkanes) is 2. The van der Waals surface area contributed by atoms with Crippen molar-refractivity contribution >= 4 is 17.7 Å². The molecule has 0 bridgehead atoms. The van der Waals surface area contributed by atoms with Gasteiger partial charge in [-0.25, -0.2) is 0 Å². The average molecular weight is 505 g/mol. The standard InChI is InChI=1S/C34H36N2O2/c1-5-7-8-10-25-15-19-27(20-16-25)32-29(9-6-2)30(26-17-11-23(3)12-18-26)31(34(38)36-32)33(37)35-28-21-13-24(4)14-22-28/h6,9,11-22H,5,7-8,10H2,1-4H3,(H,35,37)(H,36,38)/b9-6+. The number of anilines is 1. The van der Waals surface area contributed by atoms with Crippen LogP contribution in [0.3, 0.4) is 0 Å². The summed E-state index contributed by atoms with van der Waals surface area (Å²) in [5.41, 5.74) is 7.68. The number of aromatic nitrogens is 1. The number of aromatic amines is 1. The molecule has 4 aromatic rings. The van der Waals surface area contributed by atoms with E-state index in [-0.39, 0.29) is 5.56 Å². The van der Waals surface area contributed by atoms with Crippen LogP contribution in [0.15, 0.2) is 83.7 Å². The second-order valence-corrected chi connectivity index (χ2v) is 9.83.